The van der Waals surface area contributed by atoms with Gasteiger partial charge >= 0.3 is 0 Å². The molecule has 0 saturated carbocycles. The topological polar surface area (TPSA) is 99.5 Å². The largest absolute Gasteiger partial charge is 0.495 e. The fraction of sp³-hybridized carbons (Fsp3) is 0.281. The second-order valence-electron chi connectivity index (χ2n) is 10.8. The standard InChI is InChI=1S/C32H35N5O4/c1-19-26(30(38)34-23-12-8-9-13-24(23)39-5)27(22-11-10-14-25(40-6)28(22)41-7)37-31(33-19)35-29(36-37)20-15-17-21(18-16-20)32(2,3)4/h8-18,27H,1-7H3,(H,34,38)(H,33,35,36). The maximum absolute atomic E-state index is 14.0. The molecule has 0 saturated heterocycles. The molecule has 1 unspecified atom stereocenters. The number of hydrogen-bond donors (Lipinski definition) is 2. The third kappa shape index (κ3) is 5.23. The van der Waals surface area contributed by atoms with Crippen LogP contribution in [0.5, 0.6) is 17.2 Å². The predicted octanol–water partition coefficient (Wildman–Crippen LogP) is 6.20. The lowest BCUT2D eigenvalue weighted by atomic mass is 9.87. The van der Waals surface area contributed by atoms with Crippen LogP contribution in [0.4, 0.5) is 11.6 Å². The number of aromatic nitrogens is 3. The van der Waals surface area contributed by atoms with Crippen molar-refractivity contribution in [2.75, 3.05) is 32.0 Å². The maximum Gasteiger partial charge on any atom is 0.255 e. The number of benzene rings is 3. The summed E-state index contributed by atoms with van der Waals surface area (Å²) in [5, 5.41) is 11.2. The average Bonchev–Trinajstić information content (AvgIpc) is 3.39. The van der Waals surface area contributed by atoms with Gasteiger partial charge in [-0.3, -0.25) is 4.79 Å². The van der Waals surface area contributed by atoms with Crippen molar-refractivity contribution in [1.82, 2.24) is 14.8 Å². The fourth-order valence-corrected chi connectivity index (χ4v) is 5.04. The van der Waals surface area contributed by atoms with Gasteiger partial charge in [-0.15, -0.1) is 5.10 Å². The summed E-state index contributed by atoms with van der Waals surface area (Å²) < 4.78 is 18.6. The van der Waals surface area contributed by atoms with E-state index in [1.807, 2.05) is 49.4 Å². The zero-order valence-electron chi connectivity index (χ0n) is 24.4. The molecule has 0 radical (unpaired) electrons. The highest BCUT2D eigenvalue weighted by molar-refractivity contribution is 6.06. The third-order valence-corrected chi connectivity index (χ3v) is 7.19. The number of carbonyl (C=O) groups is 1. The van der Waals surface area contributed by atoms with Crippen LogP contribution in [0.2, 0.25) is 0 Å². The summed E-state index contributed by atoms with van der Waals surface area (Å²) in [6, 6.07) is 20.5. The van der Waals surface area contributed by atoms with Crippen LogP contribution in [-0.2, 0) is 10.2 Å². The molecule has 0 spiro atoms. The number of para-hydroxylation sites is 3. The zero-order valence-corrected chi connectivity index (χ0v) is 24.4. The van der Waals surface area contributed by atoms with Crippen LogP contribution >= 0.6 is 0 Å². The third-order valence-electron chi connectivity index (χ3n) is 7.19. The Kier molecular flexibility index (Phi) is 7.45. The van der Waals surface area contributed by atoms with Gasteiger partial charge < -0.3 is 24.8 Å². The number of methoxy groups -OCH3 is 3. The number of ether oxygens (including phenoxy) is 3. The van der Waals surface area contributed by atoms with Crippen molar-refractivity contribution in [3.63, 3.8) is 0 Å². The highest BCUT2D eigenvalue weighted by Gasteiger charge is 2.37. The Balaban J connectivity index is 1.64. The van der Waals surface area contributed by atoms with Gasteiger partial charge in [-0.25, -0.2) is 4.68 Å². The van der Waals surface area contributed by atoms with Crippen molar-refractivity contribution < 1.29 is 19.0 Å². The first kappa shape index (κ1) is 27.8. The number of carbonyl (C=O) groups excluding carboxylic acids is 1. The molecular formula is C32H35N5O4. The van der Waals surface area contributed by atoms with Gasteiger partial charge in [0.25, 0.3) is 5.91 Å². The monoisotopic (exact) mass is 553 g/mol. The molecule has 1 aliphatic rings. The minimum Gasteiger partial charge on any atom is -0.495 e. The molecule has 212 valence electrons. The van der Waals surface area contributed by atoms with E-state index >= 15 is 0 Å². The van der Waals surface area contributed by atoms with E-state index in [9.17, 15) is 4.79 Å². The number of fused-ring (bicyclic) bond motifs is 1. The van der Waals surface area contributed by atoms with Crippen LogP contribution in [0.1, 0.15) is 44.9 Å². The molecule has 0 fully saturated rings. The van der Waals surface area contributed by atoms with E-state index in [4.69, 9.17) is 24.3 Å². The van der Waals surface area contributed by atoms with Crippen molar-refractivity contribution in [3.8, 4) is 28.6 Å². The highest BCUT2D eigenvalue weighted by atomic mass is 16.5. The molecule has 0 bridgehead atoms. The molecule has 9 heteroatoms. The summed E-state index contributed by atoms with van der Waals surface area (Å²) in [6.45, 7) is 8.39. The smallest absolute Gasteiger partial charge is 0.255 e. The number of nitrogens with one attached hydrogen (secondary N) is 2. The Labute approximate surface area is 240 Å². The van der Waals surface area contributed by atoms with Gasteiger partial charge in [0.15, 0.2) is 17.3 Å². The van der Waals surface area contributed by atoms with Crippen molar-refractivity contribution in [3.05, 3.63) is 89.1 Å². The van der Waals surface area contributed by atoms with Gasteiger partial charge in [-0.1, -0.05) is 69.3 Å². The first-order valence-corrected chi connectivity index (χ1v) is 13.4. The summed E-state index contributed by atoms with van der Waals surface area (Å²) in [7, 11) is 4.73. The van der Waals surface area contributed by atoms with Crippen molar-refractivity contribution in [1.29, 1.82) is 0 Å². The molecule has 1 aliphatic heterocycles. The summed E-state index contributed by atoms with van der Waals surface area (Å²) in [4.78, 5) is 18.8. The summed E-state index contributed by atoms with van der Waals surface area (Å²) >= 11 is 0. The number of rotatable bonds is 7. The fourth-order valence-electron chi connectivity index (χ4n) is 5.04. The molecule has 9 nitrogen and oxygen atoms in total. The first-order chi connectivity index (χ1) is 19.7. The normalized spacial score (nSPS) is 14.7. The van der Waals surface area contributed by atoms with Gasteiger partial charge in [-0.05, 0) is 36.1 Å². The van der Waals surface area contributed by atoms with E-state index < -0.39 is 6.04 Å². The van der Waals surface area contributed by atoms with E-state index in [-0.39, 0.29) is 11.3 Å². The number of allylic oxidation sites excluding steroid dienone is 1. The second-order valence-corrected chi connectivity index (χ2v) is 10.8. The van der Waals surface area contributed by atoms with E-state index in [1.165, 1.54) is 5.56 Å². The number of amides is 1. The summed E-state index contributed by atoms with van der Waals surface area (Å²) in [5.74, 6) is 2.35. The number of hydrogen-bond acceptors (Lipinski definition) is 7. The minimum absolute atomic E-state index is 0.0275. The quantitative estimate of drug-likeness (QED) is 0.281. The molecular weight excluding hydrogens is 518 g/mol. The molecule has 3 aromatic carbocycles. The molecule has 2 heterocycles. The van der Waals surface area contributed by atoms with E-state index in [1.54, 1.807) is 38.1 Å². The van der Waals surface area contributed by atoms with Gasteiger partial charge in [0.05, 0.1) is 32.6 Å². The van der Waals surface area contributed by atoms with Crippen LogP contribution in [0.15, 0.2) is 78.0 Å². The predicted molar refractivity (Wildman–Crippen MR) is 160 cm³/mol. The Morgan fingerprint density at radius 3 is 2.24 bits per heavy atom. The summed E-state index contributed by atoms with van der Waals surface area (Å²) in [6.07, 6.45) is 0. The Hall–Kier alpha value is -4.79. The van der Waals surface area contributed by atoms with E-state index in [0.717, 1.165) is 5.56 Å². The SMILES string of the molecule is COc1ccccc1NC(=O)C1=C(C)Nc2nc(-c3ccc(C(C)(C)C)cc3)nn2C1c1cccc(OC)c1OC. The number of nitrogens with zero attached hydrogens (tertiary/aromatic N) is 3. The van der Waals surface area contributed by atoms with Crippen LogP contribution in [-0.4, -0.2) is 42.0 Å². The molecule has 2 N–H and O–H groups in total. The average molecular weight is 554 g/mol. The van der Waals surface area contributed by atoms with Crippen molar-refractivity contribution in [2.45, 2.75) is 39.2 Å². The second kappa shape index (κ2) is 11.0. The number of anilines is 2. The Morgan fingerprint density at radius 1 is 0.902 bits per heavy atom. The van der Waals surface area contributed by atoms with Crippen LogP contribution < -0.4 is 24.8 Å². The lowest BCUT2D eigenvalue weighted by molar-refractivity contribution is -0.113. The van der Waals surface area contributed by atoms with E-state index in [0.29, 0.717) is 51.5 Å². The summed E-state index contributed by atoms with van der Waals surface area (Å²) in [5.41, 5.74) is 4.47. The molecule has 5 rings (SSSR count). The molecule has 0 aliphatic carbocycles. The lowest BCUT2D eigenvalue weighted by Crippen LogP contribution is -2.32. The molecule has 1 atom stereocenters. The van der Waals surface area contributed by atoms with Crippen LogP contribution in [0.3, 0.4) is 0 Å². The Morgan fingerprint density at radius 2 is 1.59 bits per heavy atom. The minimum atomic E-state index is -0.666. The van der Waals surface area contributed by atoms with Crippen LogP contribution in [0.25, 0.3) is 11.4 Å². The molecule has 1 aromatic heterocycles. The lowest BCUT2D eigenvalue weighted by Gasteiger charge is -2.30. The molecule has 41 heavy (non-hydrogen) atoms. The molecule has 4 aromatic rings. The van der Waals surface area contributed by atoms with Gasteiger partial charge in [0.2, 0.25) is 5.95 Å². The zero-order chi connectivity index (χ0) is 29.3. The van der Waals surface area contributed by atoms with Crippen LogP contribution in [0, 0.1) is 0 Å². The van der Waals surface area contributed by atoms with Gasteiger partial charge in [0.1, 0.15) is 11.8 Å². The van der Waals surface area contributed by atoms with Crippen molar-refractivity contribution in [2.24, 2.45) is 0 Å². The highest BCUT2D eigenvalue weighted by Crippen LogP contribution is 2.43. The van der Waals surface area contributed by atoms with Gasteiger partial charge in [0, 0.05) is 16.8 Å². The molecule has 1 amide bonds. The Bertz CT molecular complexity index is 1620. The van der Waals surface area contributed by atoms with E-state index in [2.05, 4.69) is 43.5 Å². The first-order valence-electron chi connectivity index (χ1n) is 13.4. The van der Waals surface area contributed by atoms with Crippen molar-refractivity contribution >= 4 is 17.5 Å². The maximum atomic E-state index is 14.0. The van der Waals surface area contributed by atoms with Gasteiger partial charge in [-0.2, -0.15) is 4.98 Å².